The Labute approximate surface area is 115 Å². The van der Waals surface area contributed by atoms with Gasteiger partial charge in [0.1, 0.15) is 5.78 Å². The summed E-state index contributed by atoms with van der Waals surface area (Å²) < 4.78 is 1.05. The lowest BCUT2D eigenvalue weighted by Gasteiger charge is -2.07. The molecule has 0 unspecified atom stereocenters. The van der Waals surface area contributed by atoms with Gasteiger partial charge in [0, 0.05) is 16.1 Å². The summed E-state index contributed by atoms with van der Waals surface area (Å²) in [6.45, 7) is 0. The van der Waals surface area contributed by atoms with Gasteiger partial charge in [-0.3, -0.25) is 4.79 Å². The van der Waals surface area contributed by atoms with Gasteiger partial charge in [0.25, 0.3) is 0 Å². The van der Waals surface area contributed by atoms with Crippen molar-refractivity contribution in [3.63, 3.8) is 0 Å². The first kappa shape index (κ1) is 13.2. The number of hydrogen-bond donors (Lipinski definition) is 0. The number of Topliss-reactive ketones (excluding diaryl/α,β-unsaturated/α-hetero) is 1. The van der Waals surface area contributed by atoms with Crippen molar-refractivity contribution in [2.24, 2.45) is 0 Å². The average molecular weight is 313 g/mol. The highest BCUT2D eigenvalue weighted by atomic mass is 79.9. The van der Waals surface area contributed by atoms with Gasteiger partial charge in [-0.15, -0.1) is 0 Å². The van der Waals surface area contributed by atoms with Crippen LogP contribution in [0.2, 0.25) is 0 Å². The molecule has 1 nitrogen and oxygen atoms in total. The van der Waals surface area contributed by atoms with Crippen molar-refractivity contribution >= 4 is 33.5 Å². The van der Waals surface area contributed by atoms with Gasteiger partial charge in [0.05, 0.1) is 5.75 Å². The van der Waals surface area contributed by atoms with E-state index in [2.05, 4.69) is 15.9 Å². The van der Waals surface area contributed by atoms with Gasteiger partial charge in [-0.2, -0.15) is 11.8 Å². The lowest BCUT2D eigenvalue weighted by atomic mass is 10.1. The van der Waals surface area contributed by atoms with Crippen LogP contribution in [0.25, 0.3) is 0 Å². The Morgan fingerprint density at radius 1 is 1.35 bits per heavy atom. The third-order valence-corrected chi connectivity index (χ3v) is 5.00. The number of carbonyl (C=O) groups is 1. The van der Waals surface area contributed by atoms with E-state index in [0.29, 0.717) is 18.0 Å². The average Bonchev–Trinajstić information content (AvgIpc) is 2.79. The standard InChI is InChI=1S/C14H17BrOS/c15-12-5-3-4-11(8-12)9-13(16)10-17-14-6-1-2-7-14/h3-5,8,14H,1-2,6-7,9-10H2. The van der Waals surface area contributed by atoms with Gasteiger partial charge < -0.3 is 0 Å². The zero-order valence-electron chi connectivity index (χ0n) is 9.82. The van der Waals surface area contributed by atoms with Crippen LogP contribution in [0.5, 0.6) is 0 Å². The molecule has 17 heavy (non-hydrogen) atoms. The first-order valence-corrected chi connectivity index (χ1v) is 7.96. The number of hydrogen-bond acceptors (Lipinski definition) is 2. The van der Waals surface area contributed by atoms with Crippen LogP contribution >= 0.6 is 27.7 Å². The second-order valence-electron chi connectivity index (χ2n) is 4.56. The molecule has 0 spiro atoms. The number of halogens is 1. The summed E-state index contributed by atoms with van der Waals surface area (Å²) in [6.07, 6.45) is 5.86. The molecule has 0 bridgehead atoms. The topological polar surface area (TPSA) is 17.1 Å². The van der Waals surface area contributed by atoms with Gasteiger partial charge in [0.15, 0.2) is 0 Å². The van der Waals surface area contributed by atoms with Crippen LogP contribution in [-0.2, 0) is 11.2 Å². The minimum Gasteiger partial charge on any atom is -0.298 e. The quantitative estimate of drug-likeness (QED) is 0.809. The van der Waals surface area contributed by atoms with Crippen molar-refractivity contribution in [1.82, 2.24) is 0 Å². The molecule has 0 amide bonds. The smallest absolute Gasteiger partial charge is 0.147 e. The third-order valence-electron chi connectivity index (χ3n) is 3.07. The molecule has 1 aliphatic carbocycles. The maximum atomic E-state index is 11.8. The summed E-state index contributed by atoms with van der Waals surface area (Å²) in [5, 5.41) is 0.737. The van der Waals surface area contributed by atoms with Gasteiger partial charge >= 0.3 is 0 Å². The summed E-state index contributed by atoms with van der Waals surface area (Å²) in [6, 6.07) is 8.01. The lowest BCUT2D eigenvalue weighted by molar-refractivity contribution is -0.116. The van der Waals surface area contributed by atoms with Crippen LogP contribution in [0.4, 0.5) is 0 Å². The summed E-state index contributed by atoms with van der Waals surface area (Å²) >= 11 is 5.28. The maximum Gasteiger partial charge on any atom is 0.147 e. The zero-order chi connectivity index (χ0) is 12.1. The Balaban J connectivity index is 1.76. The van der Waals surface area contributed by atoms with Gasteiger partial charge in [0.2, 0.25) is 0 Å². The first-order chi connectivity index (χ1) is 8.24. The lowest BCUT2D eigenvalue weighted by Crippen LogP contribution is -2.08. The Bertz CT molecular complexity index is 386. The molecular weight excluding hydrogens is 296 g/mol. The fourth-order valence-corrected chi connectivity index (χ4v) is 3.83. The molecule has 0 aromatic heterocycles. The number of thioether (sulfide) groups is 1. The monoisotopic (exact) mass is 312 g/mol. The Hall–Kier alpha value is -0.280. The van der Waals surface area contributed by atoms with Crippen LogP contribution in [0.15, 0.2) is 28.7 Å². The van der Waals surface area contributed by atoms with Crippen LogP contribution in [0.3, 0.4) is 0 Å². The van der Waals surface area contributed by atoms with E-state index in [1.807, 2.05) is 36.0 Å². The summed E-state index contributed by atoms with van der Waals surface area (Å²) in [7, 11) is 0. The van der Waals surface area contributed by atoms with Gasteiger partial charge in [-0.25, -0.2) is 0 Å². The molecule has 0 saturated heterocycles. The molecule has 1 saturated carbocycles. The SMILES string of the molecule is O=C(CSC1CCCC1)Cc1cccc(Br)c1. The molecule has 1 aliphatic rings. The molecule has 3 heteroatoms. The molecule has 92 valence electrons. The van der Waals surface area contributed by atoms with Gasteiger partial charge in [-0.05, 0) is 30.5 Å². The van der Waals surface area contributed by atoms with Crippen molar-refractivity contribution in [2.45, 2.75) is 37.4 Å². The largest absolute Gasteiger partial charge is 0.298 e. The molecule has 0 aliphatic heterocycles. The maximum absolute atomic E-state index is 11.8. The van der Waals surface area contributed by atoms with E-state index in [1.54, 1.807) is 0 Å². The van der Waals surface area contributed by atoms with E-state index < -0.39 is 0 Å². The third kappa shape index (κ3) is 4.47. The highest BCUT2D eigenvalue weighted by Gasteiger charge is 2.16. The van der Waals surface area contributed by atoms with Crippen molar-refractivity contribution in [2.75, 3.05) is 5.75 Å². The molecule has 1 fully saturated rings. The second-order valence-corrected chi connectivity index (χ2v) is 6.77. The highest BCUT2D eigenvalue weighted by molar-refractivity contribution is 9.10. The highest BCUT2D eigenvalue weighted by Crippen LogP contribution is 2.29. The molecule has 0 heterocycles. The second kappa shape index (κ2) is 6.60. The van der Waals surface area contributed by atoms with E-state index in [-0.39, 0.29) is 0 Å². The fourth-order valence-electron chi connectivity index (χ4n) is 2.19. The number of rotatable bonds is 5. The van der Waals surface area contributed by atoms with Crippen LogP contribution < -0.4 is 0 Å². The van der Waals surface area contributed by atoms with Crippen molar-refractivity contribution < 1.29 is 4.79 Å². The van der Waals surface area contributed by atoms with E-state index in [9.17, 15) is 4.79 Å². The molecule has 0 radical (unpaired) electrons. The minimum atomic E-state index is 0.347. The first-order valence-electron chi connectivity index (χ1n) is 6.12. The molecule has 1 aromatic rings. The Kier molecular flexibility index (Phi) is 5.11. The zero-order valence-corrected chi connectivity index (χ0v) is 12.2. The Morgan fingerprint density at radius 3 is 2.82 bits per heavy atom. The molecule has 2 rings (SSSR count). The molecule has 0 N–H and O–H groups in total. The van der Waals surface area contributed by atoms with E-state index >= 15 is 0 Å². The predicted octanol–water partition coefficient (Wildman–Crippen LogP) is 4.24. The van der Waals surface area contributed by atoms with E-state index in [0.717, 1.165) is 15.3 Å². The molecule has 0 atom stereocenters. The van der Waals surface area contributed by atoms with Crippen molar-refractivity contribution in [3.05, 3.63) is 34.3 Å². The Morgan fingerprint density at radius 2 is 2.12 bits per heavy atom. The van der Waals surface area contributed by atoms with Gasteiger partial charge in [-0.1, -0.05) is 40.9 Å². The molecule has 1 aromatic carbocycles. The van der Waals surface area contributed by atoms with E-state index in [4.69, 9.17) is 0 Å². The summed E-state index contributed by atoms with van der Waals surface area (Å²) in [4.78, 5) is 11.8. The van der Waals surface area contributed by atoms with Crippen LogP contribution in [-0.4, -0.2) is 16.8 Å². The predicted molar refractivity (Wildman–Crippen MR) is 77.6 cm³/mol. The van der Waals surface area contributed by atoms with Crippen molar-refractivity contribution in [1.29, 1.82) is 0 Å². The van der Waals surface area contributed by atoms with Crippen molar-refractivity contribution in [3.8, 4) is 0 Å². The van der Waals surface area contributed by atoms with Crippen LogP contribution in [0.1, 0.15) is 31.2 Å². The fraction of sp³-hybridized carbons (Fsp3) is 0.500. The number of ketones is 1. The van der Waals surface area contributed by atoms with Crippen LogP contribution in [0, 0.1) is 0 Å². The normalized spacial score (nSPS) is 16.3. The summed E-state index contributed by atoms with van der Waals surface area (Å²) in [5.41, 5.74) is 1.11. The number of carbonyl (C=O) groups excluding carboxylic acids is 1. The summed E-state index contributed by atoms with van der Waals surface area (Å²) in [5.74, 6) is 1.02. The van der Waals surface area contributed by atoms with E-state index in [1.165, 1.54) is 25.7 Å². The molecular formula is C14H17BrOS. The number of benzene rings is 1. The minimum absolute atomic E-state index is 0.347.